The van der Waals surface area contributed by atoms with Crippen LogP contribution in [0.4, 0.5) is 11.4 Å². The van der Waals surface area contributed by atoms with E-state index in [1.807, 2.05) is 19.1 Å². The molecule has 0 spiro atoms. The van der Waals surface area contributed by atoms with E-state index in [2.05, 4.69) is 5.32 Å². The summed E-state index contributed by atoms with van der Waals surface area (Å²) in [6, 6.07) is 11.3. The summed E-state index contributed by atoms with van der Waals surface area (Å²) in [6.07, 6.45) is 1.97. The minimum Gasteiger partial charge on any atom is -0.486 e. The number of hydrogen-bond donors (Lipinski definition) is 1. The van der Waals surface area contributed by atoms with Gasteiger partial charge in [0.1, 0.15) is 19.3 Å². The van der Waals surface area contributed by atoms with Crippen LogP contribution in [0, 0.1) is 0 Å². The molecule has 0 saturated carbocycles. The van der Waals surface area contributed by atoms with E-state index in [1.165, 1.54) is 0 Å². The number of aryl methyl sites for hydroxylation is 1. The van der Waals surface area contributed by atoms with Crippen molar-refractivity contribution in [3.63, 3.8) is 0 Å². The van der Waals surface area contributed by atoms with Crippen molar-refractivity contribution < 1.29 is 22.7 Å². The van der Waals surface area contributed by atoms with E-state index in [0.29, 0.717) is 36.1 Å². The van der Waals surface area contributed by atoms with Crippen LogP contribution in [0.25, 0.3) is 0 Å². The number of hydrogen-bond acceptors (Lipinski definition) is 5. The van der Waals surface area contributed by atoms with Gasteiger partial charge >= 0.3 is 0 Å². The summed E-state index contributed by atoms with van der Waals surface area (Å²) >= 11 is 0. The van der Waals surface area contributed by atoms with Crippen LogP contribution in [0.5, 0.6) is 11.5 Å². The van der Waals surface area contributed by atoms with Gasteiger partial charge in [0.25, 0.3) is 0 Å². The van der Waals surface area contributed by atoms with Gasteiger partial charge in [0.15, 0.2) is 11.5 Å². The second-order valence-corrected chi connectivity index (χ2v) is 8.46. The van der Waals surface area contributed by atoms with E-state index in [-0.39, 0.29) is 0 Å². The first-order valence-electron chi connectivity index (χ1n) is 9.08. The summed E-state index contributed by atoms with van der Waals surface area (Å²) < 4.78 is 37.0. The van der Waals surface area contributed by atoms with Gasteiger partial charge in [-0.05, 0) is 43.2 Å². The Morgan fingerprint density at radius 3 is 2.36 bits per heavy atom. The van der Waals surface area contributed by atoms with Gasteiger partial charge in [-0.15, -0.1) is 0 Å². The Balaban J connectivity index is 1.85. The summed E-state index contributed by atoms with van der Waals surface area (Å²) in [4.78, 5) is 12.7. The third-order valence-corrected chi connectivity index (χ3v) is 5.74. The van der Waals surface area contributed by atoms with E-state index >= 15 is 0 Å². The van der Waals surface area contributed by atoms with E-state index in [0.717, 1.165) is 22.5 Å². The number of anilines is 2. The lowest BCUT2D eigenvalue weighted by Gasteiger charge is -2.29. The highest BCUT2D eigenvalue weighted by Crippen LogP contribution is 2.35. The van der Waals surface area contributed by atoms with Crippen molar-refractivity contribution in [2.75, 3.05) is 29.1 Å². The zero-order valence-corrected chi connectivity index (χ0v) is 17.0. The Labute approximate surface area is 165 Å². The molecule has 8 heteroatoms. The van der Waals surface area contributed by atoms with Crippen LogP contribution in [0.3, 0.4) is 0 Å². The number of fused-ring (bicyclic) bond motifs is 1. The minimum absolute atomic E-state index is 0.343. The van der Waals surface area contributed by atoms with Gasteiger partial charge in [-0.3, -0.25) is 9.10 Å². The van der Waals surface area contributed by atoms with Gasteiger partial charge in [0, 0.05) is 11.8 Å². The number of benzene rings is 2. The molecule has 1 aliphatic heterocycles. The molecule has 1 aliphatic rings. The van der Waals surface area contributed by atoms with Crippen LogP contribution < -0.4 is 19.1 Å². The molecule has 0 radical (unpaired) electrons. The zero-order valence-electron chi connectivity index (χ0n) is 16.1. The Morgan fingerprint density at radius 2 is 1.75 bits per heavy atom. The van der Waals surface area contributed by atoms with Crippen molar-refractivity contribution in [3.05, 3.63) is 48.0 Å². The molecular weight excluding hydrogens is 380 g/mol. The molecule has 0 bridgehead atoms. The van der Waals surface area contributed by atoms with Crippen LogP contribution >= 0.6 is 0 Å². The molecule has 0 saturated heterocycles. The minimum atomic E-state index is -3.72. The molecule has 7 nitrogen and oxygen atoms in total. The second-order valence-electron chi connectivity index (χ2n) is 6.60. The average molecular weight is 404 g/mol. The normalized spacial score (nSPS) is 14.2. The maximum absolute atomic E-state index is 12.7. The number of nitrogens with zero attached hydrogens (tertiary/aromatic N) is 1. The lowest BCUT2D eigenvalue weighted by Crippen LogP contribution is -2.45. The van der Waals surface area contributed by atoms with Crippen LogP contribution in [-0.4, -0.2) is 39.8 Å². The van der Waals surface area contributed by atoms with E-state index in [9.17, 15) is 13.2 Å². The highest BCUT2D eigenvalue weighted by atomic mass is 32.2. The highest BCUT2D eigenvalue weighted by Gasteiger charge is 2.30. The van der Waals surface area contributed by atoms with E-state index in [4.69, 9.17) is 9.47 Å². The van der Waals surface area contributed by atoms with Crippen molar-refractivity contribution in [2.45, 2.75) is 26.3 Å². The first kappa shape index (κ1) is 20.0. The average Bonchev–Trinajstić information content (AvgIpc) is 2.67. The fourth-order valence-electron chi connectivity index (χ4n) is 3.05. The van der Waals surface area contributed by atoms with Gasteiger partial charge < -0.3 is 14.8 Å². The van der Waals surface area contributed by atoms with Gasteiger partial charge in [-0.25, -0.2) is 8.42 Å². The van der Waals surface area contributed by atoms with Crippen LogP contribution in [-0.2, 0) is 21.2 Å². The van der Waals surface area contributed by atoms with Crippen molar-refractivity contribution in [2.24, 2.45) is 0 Å². The predicted octanol–water partition coefficient (Wildman–Crippen LogP) is 2.81. The standard InChI is InChI=1S/C20H24N2O5S/c1-4-15-5-7-16(8-6-15)21-20(23)14(2)22(28(3,24)25)17-9-10-18-19(13-17)27-12-11-26-18/h5-10,13-14H,4,11-12H2,1-3H3,(H,21,23)/t14-/m0/s1. The quantitative estimate of drug-likeness (QED) is 0.800. The first-order valence-corrected chi connectivity index (χ1v) is 10.9. The lowest BCUT2D eigenvalue weighted by molar-refractivity contribution is -0.116. The van der Waals surface area contributed by atoms with E-state index in [1.54, 1.807) is 37.3 Å². The van der Waals surface area contributed by atoms with Gasteiger partial charge in [-0.1, -0.05) is 19.1 Å². The molecule has 0 aliphatic carbocycles. The summed E-state index contributed by atoms with van der Waals surface area (Å²) in [5, 5.41) is 2.78. The number of ether oxygens (including phenoxy) is 2. The predicted molar refractivity (Wildman–Crippen MR) is 109 cm³/mol. The molecule has 28 heavy (non-hydrogen) atoms. The molecule has 3 rings (SSSR count). The molecule has 1 heterocycles. The topological polar surface area (TPSA) is 84.9 Å². The second kappa shape index (κ2) is 8.10. The van der Waals surface area contributed by atoms with Gasteiger partial charge in [-0.2, -0.15) is 0 Å². The summed E-state index contributed by atoms with van der Waals surface area (Å²) in [5.74, 6) is 0.585. The van der Waals surface area contributed by atoms with Crippen molar-refractivity contribution in [3.8, 4) is 11.5 Å². The molecule has 2 aromatic carbocycles. The van der Waals surface area contributed by atoms with Crippen LogP contribution in [0.2, 0.25) is 0 Å². The molecule has 1 N–H and O–H groups in total. The molecule has 1 amide bonds. The fraction of sp³-hybridized carbons (Fsp3) is 0.350. The SMILES string of the molecule is CCc1ccc(NC(=O)[C@H](C)N(c2ccc3c(c2)OCCO3)S(C)(=O)=O)cc1. The number of sulfonamides is 1. The maximum atomic E-state index is 12.7. The summed E-state index contributed by atoms with van der Waals surface area (Å²) in [7, 11) is -3.72. The molecule has 1 atom stereocenters. The van der Waals surface area contributed by atoms with Crippen molar-refractivity contribution in [1.82, 2.24) is 0 Å². The molecule has 0 aromatic heterocycles. The Bertz CT molecular complexity index is 957. The number of nitrogens with one attached hydrogen (secondary N) is 1. The lowest BCUT2D eigenvalue weighted by atomic mass is 10.1. The smallest absolute Gasteiger partial charge is 0.247 e. The summed E-state index contributed by atoms with van der Waals surface area (Å²) in [5.41, 5.74) is 2.11. The fourth-order valence-corrected chi connectivity index (χ4v) is 4.22. The van der Waals surface area contributed by atoms with Gasteiger partial charge in [0.2, 0.25) is 15.9 Å². The zero-order chi connectivity index (χ0) is 20.3. The third-order valence-electron chi connectivity index (χ3n) is 4.50. The Kier molecular flexibility index (Phi) is 5.79. The largest absolute Gasteiger partial charge is 0.486 e. The third kappa shape index (κ3) is 4.39. The molecule has 2 aromatic rings. The maximum Gasteiger partial charge on any atom is 0.247 e. The van der Waals surface area contributed by atoms with Crippen molar-refractivity contribution in [1.29, 1.82) is 0 Å². The number of carbonyl (C=O) groups is 1. The van der Waals surface area contributed by atoms with Crippen LogP contribution in [0.15, 0.2) is 42.5 Å². The Morgan fingerprint density at radius 1 is 1.11 bits per heavy atom. The van der Waals surface area contributed by atoms with Gasteiger partial charge in [0.05, 0.1) is 11.9 Å². The highest BCUT2D eigenvalue weighted by molar-refractivity contribution is 7.92. The monoisotopic (exact) mass is 404 g/mol. The van der Waals surface area contributed by atoms with E-state index < -0.39 is 22.0 Å². The number of carbonyl (C=O) groups excluding carboxylic acids is 1. The summed E-state index contributed by atoms with van der Waals surface area (Å²) in [6.45, 7) is 4.43. The Hall–Kier alpha value is -2.74. The number of amides is 1. The first-order chi connectivity index (χ1) is 13.3. The van der Waals surface area contributed by atoms with Crippen molar-refractivity contribution >= 4 is 27.3 Å². The molecule has 0 fully saturated rings. The molecule has 150 valence electrons. The van der Waals surface area contributed by atoms with Crippen LogP contribution in [0.1, 0.15) is 19.4 Å². The molecule has 0 unspecified atom stereocenters. The number of rotatable bonds is 6. The molecular formula is C20H24N2O5S.